The summed E-state index contributed by atoms with van der Waals surface area (Å²) < 4.78 is 5.13. The van der Waals surface area contributed by atoms with Gasteiger partial charge in [0.05, 0.1) is 18.0 Å². The summed E-state index contributed by atoms with van der Waals surface area (Å²) in [7, 11) is 0. The maximum Gasteiger partial charge on any atom is 0.289 e. The van der Waals surface area contributed by atoms with Crippen molar-refractivity contribution in [1.82, 2.24) is 20.4 Å². The zero-order valence-corrected chi connectivity index (χ0v) is 11.4. The van der Waals surface area contributed by atoms with Crippen molar-refractivity contribution in [3.63, 3.8) is 0 Å². The normalized spacial score (nSPS) is 18.5. The Bertz CT molecular complexity index is 606. The minimum atomic E-state index is -0.180. The fraction of sp³-hybridized carbons (Fsp3) is 0.357. The zero-order chi connectivity index (χ0) is 14.7. The third-order valence-corrected chi connectivity index (χ3v) is 3.54. The van der Waals surface area contributed by atoms with Gasteiger partial charge in [-0.2, -0.15) is 5.10 Å². The third-order valence-electron chi connectivity index (χ3n) is 3.54. The standard InChI is InChI=1S/C14H16N4O3/c19-13(10-7-15-16-8-10)17-11-3-1-5-18(9-11)14(20)12-4-2-6-21-12/h2,4,6-8,11H,1,3,5,9H2,(H,15,16)(H,17,19)/t11-/m1/s1. The number of carbonyl (C=O) groups is 2. The van der Waals surface area contributed by atoms with Gasteiger partial charge < -0.3 is 14.6 Å². The van der Waals surface area contributed by atoms with Crippen molar-refractivity contribution in [2.45, 2.75) is 18.9 Å². The molecule has 1 atom stereocenters. The van der Waals surface area contributed by atoms with Crippen LogP contribution in [0.3, 0.4) is 0 Å². The summed E-state index contributed by atoms with van der Waals surface area (Å²) in [5, 5.41) is 9.28. The van der Waals surface area contributed by atoms with Crippen LogP contribution in [-0.2, 0) is 0 Å². The number of nitrogens with one attached hydrogen (secondary N) is 2. The molecule has 7 heteroatoms. The van der Waals surface area contributed by atoms with Crippen molar-refractivity contribution in [1.29, 1.82) is 0 Å². The molecule has 7 nitrogen and oxygen atoms in total. The van der Waals surface area contributed by atoms with Gasteiger partial charge in [-0.05, 0) is 25.0 Å². The highest BCUT2D eigenvalue weighted by atomic mass is 16.3. The smallest absolute Gasteiger partial charge is 0.289 e. The van der Waals surface area contributed by atoms with Crippen LogP contribution in [-0.4, -0.2) is 46.0 Å². The van der Waals surface area contributed by atoms with Gasteiger partial charge in [0.15, 0.2) is 5.76 Å². The molecule has 1 aliphatic heterocycles. The van der Waals surface area contributed by atoms with E-state index < -0.39 is 0 Å². The van der Waals surface area contributed by atoms with E-state index in [0.29, 0.717) is 24.4 Å². The molecule has 21 heavy (non-hydrogen) atoms. The molecule has 110 valence electrons. The van der Waals surface area contributed by atoms with Crippen LogP contribution in [0.1, 0.15) is 33.8 Å². The average molecular weight is 288 g/mol. The number of rotatable bonds is 3. The van der Waals surface area contributed by atoms with E-state index in [0.717, 1.165) is 12.8 Å². The van der Waals surface area contributed by atoms with Crippen LogP contribution >= 0.6 is 0 Å². The summed E-state index contributed by atoms with van der Waals surface area (Å²) in [5.74, 6) is 0.0140. The van der Waals surface area contributed by atoms with Crippen LogP contribution in [0, 0.1) is 0 Å². The molecule has 1 aliphatic rings. The summed E-state index contributed by atoms with van der Waals surface area (Å²) in [5.41, 5.74) is 0.490. The summed E-state index contributed by atoms with van der Waals surface area (Å²) in [6, 6.07) is 3.28. The molecule has 2 aromatic rings. The van der Waals surface area contributed by atoms with E-state index in [4.69, 9.17) is 4.42 Å². The molecule has 0 aromatic carbocycles. The lowest BCUT2D eigenvalue weighted by Gasteiger charge is -2.32. The number of furan rings is 1. The van der Waals surface area contributed by atoms with E-state index >= 15 is 0 Å². The van der Waals surface area contributed by atoms with Crippen LogP contribution in [0.5, 0.6) is 0 Å². The van der Waals surface area contributed by atoms with Gasteiger partial charge in [0.25, 0.3) is 11.8 Å². The van der Waals surface area contributed by atoms with Crippen LogP contribution in [0.15, 0.2) is 35.2 Å². The van der Waals surface area contributed by atoms with Crippen molar-refractivity contribution in [3.05, 3.63) is 42.1 Å². The van der Waals surface area contributed by atoms with E-state index in [2.05, 4.69) is 15.5 Å². The van der Waals surface area contributed by atoms with Gasteiger partial charge in [0.1, 0.15) is 0 Å². The molecule has 3 rings (SSSR count). The third kappa shape index (κ3) is 2.96. The Kier molecular flexibility index (Phi) is 3.72. The molecule has 0 saturated carbocycles. The second-order valence-corrected chi connectivity index (χ2v) is 5.03. The number of nitrogens with zero attached hydrogens (tertiary/aromatic N) is 2. The highest BCUT2D eigenvalue weighted by Crippen LogP contribution is 2.14. The summed E-state index contributed by atoms with van der Waals surface area (Å²) in [4.78, 5) is 25.9. The number of hydrogen-bond acceptors (Lipinski definition) is 4. The van der Waals surface area contributed by atoms with Crippen LogP contribution < -0.4 is 5.32 Å². The molecule has 0 bridgehead atoms. The highest BCUT2D eigenvalue weighted by molar-refractivity contribution is 5.94. The Balaban J connectivity index is 1.61. The maximum absolute atomic E-state index is 12.2. The van der Waals surface area contributed by atoms with Crippen molar-refractivity contribution >= 4 is 11.8 Å². The van der Waals surface area contributed by atoms with Crippen molar-refractivity contribution in [2.75, 3.05) is 13.1 Å². The number of H-pyrrole nitrogens is 1. The van der Waals surface area contributed by atoms with Gasteiger partial charge in [-0.15, -0.1) is 0 Å². The fourth-order valence-electron chi connectivity index (χ4n) is 2.48. The van der Waals surface area contributed by atoms with Gasteiger partial charge in [0.2, 0.25) is 0 Å². The maximum atomic E-state index is 12.2. The number of hydrogen-bond donors (Lipinski definition) is 2. The molecule has 2 amide bonds. The van der Waals surface area contributed by atoms with E-state index in [9.17, 15) is 9.59 Å². The van der Waals surface area contributed by atoms with E-state index in [1.807, 2.05) is 0 Å². The monoisotopic (exact) mass is 288 g/mol. The molecule has 3 heterocycles. The van der Waals surface area contributed by atoms with E-state index in [1.54, 1.807) is 23.2 Å². The molecule has 1 saturated heterocycles. The summed E-state index contributed by atoms with van der Waals surface area (Å²) in [6.07, 6.45) is 6.21. The molecular weight excluding hydrogens is 272 g/mol. The van der Waals surface area contributed by atoms with Gasteiger partial charge in [0, 0.05) is 25.3 Å². The molecule has 1 fully saturated rings. The van der Waals surface area contributed by atoms with E-state index in [-0.39, 0.29) is 17.9 Å². The average Bonchev–Trinajstić information content (AvgIpc) is 3.20. The Hall–Kier alpha value is -2.57. The Morgan fingerprint density at radius 1 is 1.48 bits per heavy atom. The highest BCUT2D eigenvalue weighted by Gasteiger charge is 2.27. The van der Waals surface area contributed by atoms with Crippen LogP contribution in [0.4, 0.5) is 0 Å². The summed E-state index contributed by atoms with van der Waals surface area (Å²) in [6.45, 7) is 1.17. The first-order chi connectivity index (χ1) is 10.2. The SMILES string of the molecule is O=C(N[C@@H]1CCCN(C(=O)c2ccco2)C1)c1cn[nH]c1. The van der Waals surface area contributed by atoms with Crippen LogP contribution in [0.2, 0.25) is 0 Å². The number of piperidine rings is 1. The Morgan fingerprint density at radius 2 is 2.38 bits per heavy atom. The topological polar surface area (TPSA) is 91.2 Å². The van der Waals surface area contributed by atoms with E-state index in [1.165, 1.54) is 12.5 Å². The Morgan fingerprint density at radius 3 is 3.10 bits per heavy atom. The minimum absolute atomic E-state index is 0.0555. The van der Waals surface area contributed by atoms with Gasteiger partial charge in [-0.3, -0.25) is 14.7 Å². The lowest BCUT2D eigenvalue weighted by molar-refractivity contribution is 0.0647. The molecular formula is C14H16N4O3. The number of likely N-dealkylation sites (tertiary alicyclic amines) is 1. The molecule has 0 unspecified atom stereocenters. The lowest BCUT2D eigenvalue weighted by Crippen LogP contribution is -2.49. The van der Waals surface area contributed by atoms with Crippen LogP contribution in [0.25, 0.3) is 0 Å². The molecule has 0 aliphatic carbocycles. The number of aromatic amines is 1. The molecule has 0 radical (unpaired) electrons. The number of amides is 2. The van der Waals surface area contributed by atoms with Gasteiger partial charge >= 0.3 is 0 Å². The first kappa shape index (κ1) is 13.4. The number of carbonyl (C=O) groups excluding carboxylic acids is 2. The first-order valence-electron chi connectivity index (χ1n) is 6.86. The largest absolute Gasteiger partial charge is 0.459 e. The number of aromatic nitrogens is 2. The predicted molar refractivity (Wildman–Crippen MR) is 73.7 cm³/mol. The fourth-order valence-corrected chi connectivity index (χ4v) is 2.48. The van der Waals surface area contributed by atoms with Crippen molar-refractivity contribution < 1.29 is 14.0 Å². The van der Waals surface area contributed by atoms with Crippen molar-refractivity contribution in [2.24, 2.45) is 0 Å². The molecule has 0 spiro atoms. The quantitative estimate of drug-likeness (QED) is 0.882. The molecule has 2 N–H and O–H groups in total. The predicted octanol–water partition coefficient (Wildman–Crippen LogP) is 1.04. The second-order valence-electron chi connectivity index (χ2n) is 5.03. The second kappa shape index (κ2) is 5.82. The first-order valence-corrected chi connectivity index (χ1v) is 6.86. The van der Waals surface area contributed by atoms with Gasteiger partial charge in [-0.1, -0.05) is 0 Å². The summed E-state index contributed by atoms with van der Waals surface area (Å²) >= 11 is 0. The zero-order valence-electron chi connectivity index (χ0n) is 11.4. The Labute approximate surface area is 121 Å². The van der Waals surface area contributed by atoms with Crippen molar-refractivity contribution in [3.8, 4) is 0 Å². The minimum Gasteiger partial charge on any atom is -0.459 e. The lowest BCUT2D eigenvalue weighted by atomic mass is 10.0. The van der Waals surface area contributed by atoms with Gasteiger partial charge in [-0.25, -0.2) is 0 Å². The molecule has 2 aromatic heterocycles.